The maximum atomic E-state index is 9.56. The van der Waals surface area contributed by atoms with Gasteiger partial charge < -0.3 is 10.0 Å². The van der Waals surface area contributed by atoms with Crippen LogP contribution in [0.3, 0.4) is 0 Å². The zero-order chi connectivity index (χ0) is 9.90. The lowest BCUT2D eigenvalue weighted by Crippen LogP contribution is -2.36. The molecule has 0 saturated carbocycles. The lowest BCUT2D eigenvalue weighted by Gasteiger charge is -2.25. The summed E-state index contributed by atoms with van der Waals surface area (Å²) in [5.41, 5.74) is -0.716. The number of nitrogens with zero attached hydrogens (tertiary/aromatic N) is 3. The van der Waals surface area contributed by atoms with Gasteiger partial charge in [-0.1, -0.05) is 0 Å². The third kappa shape index (κ3) is 3.38. The van der Waals surface area contributed by atoms with E-state index in [9.17, 15) is 5.11 Å². The second-order valence-electron chi connectivity index (χ2n) is 3.75. The average Bonchev–Trinajstić information content (AvgIpc) is 2.03. The summed E-state index contributed by atoms with van der Waals surface area (Å²) in [7, 11) is 1.88. The highest BCUT2D eigenvalue weighted by Crippen LogP contribution is 2.10. The monoisotopic (exact) mass is 181 g/mol. The van der Waals surface area contributed by atoms with Gasteiger partial charge in [0, 0.05) is 19.8 Å². The number of hydrogen-bond acceptors (Lipinski definition) is 4. The van der Waals surface area contributed by atoms with E-state index in [0.29, 0.717) is 6.54 Å². The molecule has 0 atom stereocenters. The Bertz CT molecular complexity index is 255. The molecule has 0 aliphatic heterocycles. The van der Waals surface area contributed by atoms with Crippen LogP contribution in [0.15, 0.2) is 18.3 Å². The summed E-state index contributed by atoms with van der Waals surface area (Å²) >= 11 is 0. The van der Waals surface area contributed by atoms with Crippen molar-refractivity contribution >= 4 is 5.82 Å². The van der Waals surface area contributed by atoms with Crippen molar-refractivity contribution in [3.63, 3.8) is 0 Å². The molecular formula is C9H15N3O. The van der Waals surface area contributed by atoms with Gasteiger partial charge >= 0.3 is 0 Å². The van der Waals surface area contributed by atoms with Crippen LogP contribution < -0.4 is 4.90 Å². The van der Waals surface area contributed by atoms with E-state index in [4.69, 9.17) is 0 Å². The molecule has 4 nitrogen and oxygen atoms in total. The lowest BCUT2D eigenvalue weighted by molar-refractivity contribution is 0.0884. The molecule has 0 spiro atoms. The maximum absolute atomic E-state index is 9.56. The average molecular weight is 181 g/mol. The van der Waals surface area contributed by atoms with Crippen LogP contribution >= 0.6 is 0 Å². The standard InChI is InChI=1S/C9H15N3O/c1-9(2,13)7-12(3)8-5-4-6-10-11-8/h4-6,13H,7H2,1-3H3. The summed E-state index contributed by atoms with van der Waals surface area (Å²) in [5.74, 6) is 0.768. The van der Waals surface area contributed by atoms with Crippen LogP contribution in [0.25, 0.3) is 0 Å². The minimum Gasteiger partial charge on any atom is -0.389 e. The minimum atomic E-state index is -0.716. The quantitative estimate of drug-likeness (QED) is 0.745. The van der Waals surface area contributed by atoms with Crippen molar-refractivity contribution in [2.75, 3.05) is 18.5 Å². The van der Waals surface area contributed by atoms with Gasteiger partial charge in [0.2, 0.25) is 0 Å². The zero-order valence-corrected chi connectivity index (χ0v) is 8.23. The summed E-state index contributed by atoms with van der Waals surface area (Å²) in [5, 5.41) is 17.2. The first kappa shape index (κ1) is 9.92. The minimum absolute atomic E-state index is 0.533. The summed E-state index contributed by atoms with van der Waals surface area (Å²) in [4.78, 5) is 1.87. The van der Waals surface area contributed by atoms with Crippen molar-refractivity contribution in [2.24, 2.45) is 0 Å². The van der Waals surface area contributed by atoms with Gasteiger partial charge in [0.15, 0.2) is 5.82 Å². The zero-order valence-electron chi connectivity index (χ0n) is 8.23. The summed E-state index contributed by atoms with van der Waals surface area (Å²) in [6, 6.07) is 3.68. The Hall–Kier alpha value is -1.16. The molecular weight excluding hydrogens is 166 g/mol. The molecule has 13 heavy (non-hydrogen) atoms. The van der Waals surface area contributed by atoms with Crippen LogP contribution in [-0.2, 0) is 0 Å². The number of likely N-dealkylation sites (N-methyl/N-ethyl adjacent to an activating group) is 1. The molecule has 1 heterocycles. The van der Waals surface area contributed by atoms with Crippen molar-refractivity contribution in [1.29, 1.82) is 0 Å². The van der Waals surface area contributed by atoms with E-state index in [-0.39, 0.29) is 0 Å². The van der Waals surface area contributed by atoms with Crippen molar-refractivity contribution in [2.45, 2.75) is 19.4 Å². The van der Waals surface area contributed by atoms with Crippen LogP contribution in [-0.4, -0.2) is 34.5 Å². The van der Waals surface area contributed by atoms with Crippen LogP contribution in [0.4, 0.5) is 5.82 Å². The van der Waals surface area contributed by atoms with Crippen LogP contribution in [0.2, 0.25) is 0 Å². The molecule has 0 amide bonds. The van der Waals surface area contributed by atoms with E-state index in [0.717, 1.165) is 5.82 Å². The third-order valence-corrected chi connectivity index (χ3v) is 1.57. The van der Waals surface area contributed by atoms with E-state index >= 15 is 0 Å². The van der Waals surface area contributed by atoms with Gasteiger partial charge in [0.1, 0.15) is 0 Å². The fourth-order valence-corrected chi connectivity index (χ4v) is 1.16. The van der Waals surface area contributed by atoms with Crippen LogP contribution in [0.5, 0.6) is 0 Å². The number of rotatable bonds is 3. The van der Waals surface area contributed by atoms with Gasteiger partial charge in [-0.25, -0.2) is 0 Å². The largest absolute Gasteiger partial charge is 0.389 e. The van der Waals surface area contributed by atoms with Gasteiger partial charge in [-0.15, -0.1) is 5.10 Å². The second kappa shape index (κ2) is 3.70. The molecule has 0 bridgehead atoms. The molecule has 0 aromatic carbocycles. The van der Waals surface area contributed by atoms with E-state index < -0.39 is 5.60 Å². The third-order valence-electron chi connectivity index (χ3n) is 1.57. The summed E-state index contributed by atoms with van der Waals surface area (Å²) < 4.78 is 0. The Morgan fingerprint density at radius 3 is 2.69 bits per heavy atom. The Balaban J connectivity index is 2.64. The first-order valence-electron chi connectivity index (χ1n) is 4.20. The first-order chi connectivity index (χ1) is 5.99. The molecule has 0 aliphatic carbocycles. The molecule has 72 valence electrons. The molecule has 1 aromatic heterocycles. The smallest absolute Gasteiger partial charge is 0.151 e. The normalized spacial score (nSPS) is 11.4. The van der Waals surface area contributed by atoms with Gasteiger partial charge in [-0.2, -0.15) is 5.10 Å². The highest BCUT2D eigenvalue weighted by molar-refractivity contribution is 5.35. The molecule has 0 fully saturated rings. The Kier molecular flexibility index (Phi) is 2.83. The lowest BCUT2D eigenvalue weighted by atomic mass is 10.1. The van der Waals surface area contributed by atoms with E-state index in [1.54, 1.807) is 20.0 Å². The Morgan fingerprint density at radius 1 is 1.54 bits per heavy atom. The summed E-state index contributed by atoms with van der Waals surface area (Å²) in [6.45, 7) is 4.06. The number of aliphatic hydroxyl groups is 1. The van der Waals surface area contributed by atoms with Crippen molar-refractivity contribution in [3.05, 3.63) is 18.3 Å². The molecule has 0 saturated heterocycles. The topological polar surface area (TPSA) is 49.2 Å². The Labute approximate surface area is 78.2 Å². The van der Waals surface area contributed by atoms with E-state index in [2.05, 4.69) is 10.2 Å². The predicted molar refractivity (Wildman–Crippen MR) is 51.6 cm³/mol. The molecule has 1 aromatic rings. The van der Waals surface area contributed by atoms with Crippen LogP contribution in [0.1, 0.15) is 13.8 Å². The molecule has 0 radical (unpaired) electrons. The van der Waals surface area contributed by atoms with Gasteiger partial charge in [0.05, 0.1) is 5.60 Å². The number of hydrogen-bond donors (Lipinski definition) is 1. The maximum Gasteiger partial charge on any atom is 0.151 e. The second-order valence-corrected chi connectivity index (χ2v) is 3.75. The van der Waals surface area contributed by atoms with Crippen LogP contribution in [0, 0.1) is 0 Å². The highest BCUT2D eigenvalue weighted by Gasteiger charge is 2.16. The predicted octanol–water partition coefficient (Wildman–Crippen LogP) is 0.684. The van der Waals surface area contributed by atoms with Gasteiger partial charge in [-0.3, -0.25) is 0 Å². The molecule has 0 aliphatic rings. The SMILES string of the molecule is CN(CC(C)(C)O)c1cccnn1. The summed E-state index contributed by atoms with van der Waals surface area (Å²) in [6.07, 6.45) is 1.63. The van der Waals surface area contributed by atoms with E-state index in [1.165, 1.54) is 0 Å². The number of aromatic nitrogens is 2. The van der Waals surface area contributed by atoms with Crippen molar-refractivity contribution < 1.29 is 5.11 Å². The fraction of sp³-hybridized carbons (Fsp3) is 0.556. The van der Waals surface area contributed by atoms with Crippen molar-refractivity contribution in [3.8, 4) is 0 Å². The highest BCUT2D eigenvalue weighted by atomic mass is 16.3. The Morgan fingerprint density at radius 2 is 2.23 bits per heavy atom. The molecule has 0 unspecified atom stereocenters. The molecule has 1 N–H and O–H groups in total. The van der Waals surface area contributed by atoms with E-state index in [1.807, 2.05) is 24.1 Å². The van der Waals surface area contributed by atoms with Gasteiger partial charge in [-0.05, 0) is 26.0 Å². The fourth-order valence-electron chi connectivity index (χ4n) is 1.16. The van der Waals surface area contributed by atoms with Crippen molar-refractivity contribution in [1.82, 2.24) is 10.2 Å². The molecule has 1 rings (SSSR count). The van der Waals surface area contributed by atoms with Gasteiger partial charge in [0.25, 0.3) is 0 Å². The number of anilines is 1. The first-order valence-corrected chi connectivity index (χ1v) is 4.20. The molecule has 4 heteroatoms.